The second-order valence-corrected chi connectivity index (χ2v) is 10.3. The number of carbonyl (C=O) groups excluding carboxylic acids is 2. The van der Waals surface area contributed by atoms with Gasteiger partial charge >= 0.3 is 0 Å². The number of ether oxygens (including phenoxy) is 1. The lowest BCUT2D eigenvalue weighted by Gasteiger charge is -2.32. The Labute approximate surface area is 224 Å². The summed E-state index contributed by atoms with van der Waals surface area (Å²) in [5.74, 6) is 0.298. The number of rotatable bonds is 10. The molecule has 0 radical (unpaired) electrons. The Hall–Kier alpha value is -3.31. The van der Waals surface area contributed by atoms with Crippen LogP contribution < -0.4 is 10.1 Å². The van der Waals surface area contributed by atoms with Crippen LogP contribution in [0.25, 0.3) is 0 Å². The van der Waals surface area contributed by atoms with E-state index in [0.717, 1.165) is 47.9 Å². The summed E-state index contributed by atoms with van der Waals surface area (Å²) in [6, 6.07) is 22.5. The van der Waals surface area contributed by atoms with Gasteiger partial charge in [0.15, 0.2) is 6.61 Å². The fraction of sp³-hybridized carbons (Fsp3) is 0.355. The van der Waals surface area contributed by atoms with Crippen molar-refractivity contribution in [3.8, 4) is 5.75 Å². The van der Waals surface area contributed by atoms with Gasteiger partial charge in [0, 0.05) is 24.0 Å². The molecule has 0 heterocycles. The van der Waals surface area contributed by atoms with Crippen molar-refractivity contribution in [1.82, 2.24) is 10.2 Å². The van der Waals surface area contributed by atoms with Gasteiger partial charge in [0.25, 0.3) is 5.91 Å². The van der Waals surface area contributed by atoms with Crippen LogP contribution in [-0.4, -0.2) is 35.4 Å². The Morgan fingerprint density at radius 3 is 2.41 bits per heavy atom. The SMILES string of the molecule is Cc1cccc(OCC(=O)N(Cc2cccc(Cl)c2)[C@@H](Cc2ccccc2)C(=O)NC2CCCC2)c1C. The standard InChI is InChI=1S/C31H35ClN2O3/c1-22-10-8-17-29(23(22)2)37-21-30(35)34(20-25-13-9-14-26(32)18-25)28(19-24-11-4-3-5-12-24)31(36)33-27-15-6-7-16-27/h3-5,8-14,17-18,27-28H,6-7,15-16,19-21H2,1-2H3,(H,33,36)/t28-/m0/s1. The van der Waals surface area contributed by atoms with Gasteiger partial charge in [-0.05, 0) is 67.1 Å². The van der Waals surface area contributed by atoms with Gasteiger partial charge in [-0.25, -0.2) is 0 Å². The van der Waals surface area contributed by atoms with Crippen molar-refractivity contribution in [2.45, 2.75) is 64.6 Å². The zero-order valence-corrected chi connectivity index (χ0v) is 22.3. The Balaban J connectivity index is 1.62. The van der Waals surface area contributed by atoms with Gasteiger partial charge in [-0.2, -0.15) is 0 Å². The lowest BCUT2D eigenvalue weighted by Crippen LogP contribution is -2.53. The number of aryl methyl sites for hydroxylation is 1. The fourth-order valence-corrected chi connectivity index (χ4v) is 5.07. The van der Waals surface area contributed by atoms with E-state index < -0.39 is 6.04 Å². The summed E-state index contributed by atoms with van der Waals surface area (Å²) >= 11 is 6.26. The maximum atomic E-state index is 13.8. The zero-order chi connectivity index (χ0) is 26.2. The van der Waals surface area contributed by atoms with Crippen LogP contribution in [0.5, 0.6) is 5.75 Å². The topological polar surface area (TPSA) is 58.6 Å². The number of carbonyl (C=O) groups is 2. The average Bonchev–Trinajstić information content (AvgIpc) is 3.40. The summed E-state index contributed by atoms with van der Waals surface area (Å²) in [6.07, 6.45) is 4.59. The number of nitrogens with zero attached hydrogens (tertiary/aromatic N) is 1. The number of halogens is 1. The number of nitrogens with one attached hydrogen (secondary N) is 1. The van der Waals surface area contributed by atoms with E-state index in [1.165, 1.54) is 0 Å². The summed E-state index contributed by atoms with van der Waals surface area (Å²) < 4.78 is 5.99. The first kappa shape index (κ1) is 26.7. The minimum absolute atomic E-state index is 0.127. The molecule has 1 saturated carbocycles. The molecule has 1 N–H and O–H groups in total. The second kappa shape index (κ2) is 12.8. The van der Waals surface area contributed by atoms with Gasteiger partial charge < -0.3 is 15.0 Å². The number of hydrogen-bond acceptors (Lipinski definition) is 3. The van der Waals surface area contributed by atoms with E-state index in [9.17, 15) is 9.59 Å². The lowest BCUT2D eigenvalue weighted by atomic mass is 10.0. The number of hydrogen-bond donors (Lipinski definition) is 1. The van der Waals surface area contributed by atoms with Gasteiger partial charge in [0.2, 0.25) is 5.91 Å². The van der Waals surface area contributed by atoms with Gasteiger partial charge in [-0.3, -0.25) is 9.59 Å². The Bertz CT molecular complexity index is 1210. The van der Waals surface area contributed by atoms with Crippen LogP contribution >= 0.6 is 11.6 Å². The monoisotopic (exact) mass is 518 g/mol. The molecule has 0 aliphatic heterocycles. The first-order chi connectivity index (χ1) is 17.9. The van der Waals surface area contributed by atoms with Crippen molar-refractivity contribution < 1.29 is 14.3 Å². The molecule has 37 heavy (non-hydrogen) atoms. The zero-order valence-electron chi connectivity index (χ0n) is 21.6. The van der Waals surface area contributed by atoms with Crippen LogP contribution in [0.2, 0.25) is 5.02 Å². The minimum Gasteiger partial charge on any atom is -0.483 e. The number of amides is 2. The lowest BCUT2D eigenvalue weighted by molar-refractivity contribution is -0.143. The molecular formula is C31H35ClN2O3. The van der Waals surface area contributed by atoms with Crippen molar-refractivity contribution in [3.05, 3.63) is 100 Å². The molecule has 0 aromatic heterocycles. The molecule has 2 amide bonds. The molecule has 1 aliphatic rings. The first-order valence-corrected chi connectivity index (χ1v) is 13.4. The smallest absolute Gasteiger partial charge is 0.261 e. The van der Waals surface area contributed by atoms with Crippen LogP contribution in [0.3, 0.4) is 0 Å². The van der Waals surface area contributed by atoms with Crippen molar-refractivity contribution in [3.63, 3.8) is 0 Å². The summed E-state index contributed by atoms with van der Waals surface area (Å²) in [7, 11) is 0. The van der Waals surface area contributed by atoms with Crippen LogP contribution in [0, 0.1) is 13.8 Å². The molecule has 4 rings (SSSR count). The second-order valence-electron chi connectivity index (χ2n) is 9.83. The molecule has 3 aromatic rings. The Morgan fingerprint density at radius 1 is 0.973 bits per heavy atom. The van der Waals surface area contributed by atoms with Crippen molar-refractivity contribution in [1.29, 1.82) is 0 Å². The summed E-state index contributed by atoms with van der Waals surface area (Å²) in [5.41, 5.74) is 3.95. The third-order valence-corrected chi connectivity index (χ3v) is 7.36. The maximum Gasteiger partial charge on any atom is 0.261 e. The average molecular weight is 519 g/mol. The Morgan fingerprint density at radius 2 is 1.68 bits per heavy atom. The number of benzene rings is 3. The Kier molecular flexibility index (Phi) is 9.24. The molecule has 1 atom stereocenters. The summed E-state index contributed by atoms with van der Waals surface area (Å²) in [4.78, 5) is 29.1. The van der Waals surface area contributed by atoms with E-state index in [0.29, 0.717) is 17.2 Å². The maximum absolute atomic E-state index is 13.8. The normalized spacial score (nSPS) is 14.2. The molecule has 3 aromatic carbocycles. The quantitative estimate of drug-likeness (QED) is 0.356. The molecule has 0 bridgehead atoms. The third-order valence-electron chi connectivity index (χ3n) is 7.12. The largest absolute Gasteiger partial charge is 0.483 e. The van der Waals surface area contributed by atoms with E-state index >= 15 is 0 Å². The highest BCUT2D eigenvalue weighted by Crippen LogP contribution is 2.23. The molecule has 0 spiro atoms. The van der Waals surface area contributed by atoms with Gasteiger partial charge in [-0.15, -0.1) is 0 Å². The van der Waals surface area contributed by atoms with Crippen molar-refractivity contribution >= 4 is 23.4 Å². The highest BCUT2D eigenvalue weighted by atomic mass is 35.5. The molecule has 194 valence electrons. The first-order valence-electron chi connectivity index (χ1n) is 13.0. The van der Waals surface area contributed by atoms with Gasteiger partial charge in [-0.1, -0.05) is 79.0 Å². The van der Waals surface area contributed by atoms with Crippen molar-refractivity contribution in [2.75, 3.05) is 6.61 Å². The van der Waals surface area contributed by atoms with Gasteiger partial charge in [0.05, 0.1) is 0 Å². The molecule has 5 nitrogen and oxygen atoms in total. The predicted molar refractivity (Wildman–Crippen MR) is 148 cm³/mol. The molecule has 0 unspecified atom stereocenters. The van der Waals surface area contributed by atoms with Crippen LogP contribution in [0.15, 0.2) is 72.8 Å². The summed E-state index contributed by atoms with van der Waals surface area (Å²) in [5, 5.41) is 3.81. The van der Waals surface area contributed by atoms with E-state index in [2.05, 4.69) is 5.32 Å². The van der Waals surface area contributed by atoms with E-state index in [4.69, 9.17) is 16.3 Å². The summed E-state index contributed by atoms with van der Waals surface area (Å²) in [6.45, 7) is 4.09. The molecule has 0 saturated heterocycles. The third kappa shape index (κ3) is 7.36. The van der Waals surface area contributed by atoms with Crippen LogP contribution in [0.4, 0.5) is 0 Å². The molecular weight excluding hydrogens is 484 g/mol. The molecule has 1 fully saturated rings. The predicted octanol–water partition coefficient (Wildman–Crippen LogP) is 6.03. The fourth-order valence-electron chi connectivity index (χ4n) is 4.86. The minimum atomic E-state index is -0.684. The van der Waals surface area contributed by atoms with Crippen molar-refractivity contribution in [2.24, 2.45) is 0 Å². The van der Waals surface area contributed by atoms with Crippen LogP contribution in [-0.2, 0) is 22.6 Å². The van der Waals surface area contributed by atoms with Gasteiger partial charge in [0.1, 0.15) is 11.8 Å². The van der Waals surface area contributed by atoms with E-state index in [-0.39, 0.29) is 31.0 Å². The highest BCUT2D eigenvalue weighted by Gasteiger charge is 2.32. The molecule has 1 aliphatic carbocycles. The van der Waals surface area contributed by atoms with Crippen LogP contribution in [0.1, 0.15) is 47.9 Å². The van der Waals surface area contributed by atoms with E-state index in [1.807, 2.05) is 80.6 Å². The van der Waals surface area contributed by atoms with E-state index in [1.54, 1.807) is 11.0 Å². The highest BCUT2D eigenvalue weighted by molar-refractivity contribution is 6.30. The molecule has 6 heteroatoms.